The molecule has 0 unspecified atom stereocenters. The molecule has 0 aromatic heterocycles. The first-order valence-corrected chi connectivity index (χ1v) is 9.53. The van der Waals surface area contributed by atoms with Gasteiger partial charge in [0.2, 0.25) is 15.9 Å². The van der Waals surface area contributed by atoms with Crippen molar-refractivity contribution < 1.29 is 22.7 Å². The number of nitrogens with zero attached hydrogens (tertiary/aromatic N) is 1. The molecule has 1 aromatic carbocycles. The number of carbonyl (C=O) groups excluding carboxylic acids is 1. The fourth-order valence-corrected chi connectivity index (χ4v) is 4.33. The molecular formula is C16H24N2O5S. The second kappa shape index (κ2) is 7.85. The Morgan fingerprint density at radius 1 is 1.21 bits per heavy atom. The number of sulfonamides is 1. The van der Waals surface area contributed by atoms with Gasteiger partial charge in [0, 0.05) is 25.1 Å². The van der Waals surface area contributed by atoms with Crippen molar-refractivity contribution in [3.63, 3.8) is 0 Å². The van der Waals surface area contributed by atoms with Crippen molar-refractivity contribution in [1.82, 2.24) is 4.31 Å². The number of carbonyl (C=O) groups is 1. The van der Waals surface area contributed by atoms with Gasteiger partial charge in [0.1, 0.15) is 16.4 Å². The smallest absolute Gasteiger partial charge is 0.246 e. The summed E-state index contributed by atoms with van der Waals surface area (Å²) in [6.45, 7) is 5.03. The lowest BCUT2D eigenvalue weighted by atomic mass is 9.98. The van der Waals surface area contributed by atoms with Crippen LogP contribution in [0.3, 0.4) is 0 Å². The highest BCUT2D eigenvalue weighted by molar-refractivity contribution is 7.89. The van der Waals surface area contributed by atoms with Gasteiger partial charge >= 0.3 is 0 Å². The molecule has 0 spiro atoms. The minimum Gasteiger partial charge on any atom is -0.494 e. The number of hydrogen-bond acceptors (Lipinski definition) is 5. The zero-order chi connectivity index (χ0) is 17.7. The molecule has 1 fully saturated rings. The van der Waals surface area contributed by atoms with Gasteiger partial charge in [0.15, 0.2) is 0 Å². The van der Waals surface area contributed by atoms with Crippen molar-refractivity contribution in [2.24, 2.45) is 11.7 Å². The van der Waals surface area contributed by atoms with Gasteiger partial charge in [-0.05, 0) is 38.8 Å². The van der Waals surface area contributed by atoms with E-state index in [0.717, 1.165) is 0 Å². The fraction of sp³-hybridized carbons (Fsp3) is 0.562. The van der Waals surface area contributed by atoms with E-state index in [1.54, 1.807) is 19.1 Å². The van der Waals surface area contributed by atoms with Crippen molar-refractivity contribution >= 4 is 15.9 Å². The molecule has 0 saturated carbocycles. The van der Waals surface area contributed by atoms with Crippen LogP contribution in [-0.4, -0.2) is 44.9 Å². The number of rotatable bonds is 7. The fourth-order valence-electron chi connectivity index (χ4n) is 2.75. The lowest BCUT2D eigenvalue weighted by Gasteiger charge is -2.30. The first-order valence-electron chi connectivity index (χ1n) is 8.09. The summed E-state index contributed by atoms with van der Waals surface area (Å²) in [4.78, 5) is 11.4. The summed E-state index contributed by atoms with van der Waals surface area (Å²) in [5.41, 5.74) is 5.30. The zero-order valence-corrected chi connectivity index (χ0v) is 14.8. The van der Waals surface area contributed by atoms with E-state index in [1.165, 1.54) is 10.4 Å². The SMILES string of the molecule is CCOc1ccc(S(=O)(=O)N2CCC(C(N)=O)CC2)c(OCC)c1. The Labute approximate surface area is 142 Å². The first-order chi connectivity index (χ1) is 11.4. The van der Waals surface area contributed by atoms with Crippen LogP contribution >= 0.6 is 0 Å². The van der Waals surface area contributed by atoms with E-state index in [0.29, 0.717) is 31.8 Å². The number of ether oxygens (including phenoxy) is 2. The Bertz CT molecular complexity index is 682. The van der Waals surface area contributed by atoms with Crippen LogP contribution < -0.4 is 15.2 Å². The predicted octanol–water partition coefficient (Wildman–Crippen LogP) is 1.37. The molecule has 1 aliphatic rings. The molecule has 2 rings (SSSR count). The minimum atomic E-state index is -3.70. The monoisotopic (exact) mass is 356 g/mol. The van der Waals surface area contributed by atoms with Crippen molar-refractivity contribution in [2.45, 2.75) is 31.6 Å². The van der Waals surface area contributed by atoms with Crippen molar-refractivity contribution in [3.05, 3.63) is 18.2 Å². The van der Waals surface area contributed by atoms with Crippen LogP contribution in [0, 0.1) is 5.92 Å². The van der Waals surface area contributed by atoms with E-state index >= 15 is 0 Å². The van der Waals surface area contributed by atoms with Gasteiger partial charge in [-0.25, -0.2) is 8.42 Å². The van der Waals surface area contributed by atoms with E-state index in [4.69, 9.17) is 15.2 Å². The lowest BCUT2D eigenvalue weighted by molar-refractivity contribution is -0.122. The van der Waals surface area contributed by atoms with Gasteiger partial charge in [-0.15, -0.1) is 0 Å². The van der Waals surface area contributed by atoms with E-state index < -0.39 is 10.0 Å². The molecule has 0 radical (unpaired) electrons. The molecule has 1 amide bonds. The molecule has 1 aliphatic heterocycles. The van der Waals surface area contributed by atoms with Crippen LogP contribution in [0.5, 0.6) is 11.5 Å². The molecule has 0 atom stereocenters. The summed E-state index contributed by atoms with van der Waals surface area (Å²) in [5, 5.41) is 0. The molecule has 0 bridgehead atoms. The van der Waals surface area contributed by atoms with Crippen molar-refractivity contribution in [1.29, 1.82) is 0 Å². The minimum absolute atomic E-state index is 0.116. The Balaban J connectivity index is 2.27. The largest absolute Gasteiger partial charge is 0.494 e. The van der Waals surface area contributed by atoms with Crippen LogP contribution in [0.2, 0.25) is 0 Å². The van der Waals surface area contributed by atoms with Crippen LogP contribution in [0.1, 0.15) is 26.7 Å². The molecule has 7 nitrogen and oxygen atoms in total. The highest BCUT2D eigenvalue weighted by atomic mass is 32.2. The molecular weight excluding hydrogens is 332 g/mol. The van der Waals surface area contributed by atoms with E-state index in [1.807, 2.05) is 6.92 Å². The van der Waals surface area contributed by atoms with E-state index in [2.05, 4.69) is 0 Å². The summed E-state index contributed by atoms with van der Waals surface area (Å²) in [7, 11) is -3.70. The molecule has 1 aromatic rings. The third-order valence-corrected chi connectivity index (χ3v) is 5.94. The number of nitrogens with two attached hydrogens (primary N) is 1. The number of hydrogen-bond donors (Lipinski definition) is 1. The first kappa shape index (κ1) is 18.5. The van der Waals surface area contributed by atoms with Crippen molar-refractivity contribution in [3.8, 4) is 11.5 Å². The second-order valence-corrected chi connectivity index (χ2v) is 7.46. The van der Waals surface area contributed by atoms with E-state index in [-0.39, 0.29) is 35.6 Å². The van der Waals surface area contributed by atoms with Gasteiger partial charge in [0.25, 0.3) is 0 Å². The highest BCUT2D eigenvalue weighted by Gasteiger charge is 2.33. The quantitative estimate of drug-likeness (QED) is 0.795. The number of piperidine rings is 1. The van der Waals surface area contributed by atoms with E-state index in [9.17, 15) is 13.2 Å². The average Bonchev–Trinajstić information content (AvgIpc) is 2.55. The normalized spacial score (nSPS) is 16.8. The molecule has 0 aliphatic carbocycles. The average molecular weight is 356 g/mol. The molecule has 24 heavy (non-hydrogen) atoms. The molecule has 2 N–H and O–H groups in total. The Morgan fingerprint density at radius 2 is 1.83 bits per heavy atom. The molecule has 1 heterocycles. The van der Waals surface area contributed by atoms with Gasteiger partial charge in [-0.1, -0.05) is 0 Å². The number of amides is 1. The Hall–Kier alpha value is -1.80. The third-order valence-electron chi connectivity index (χ3n) is 4.00. The number of primary amides is 1. The number of benzene rings is 1. The van der Waals surface area contributed by atoms with Crippen LogP contribution in [0.25, 0.3) is 0 Å². The van der Waals surface area contributed by atoms with Gasteiger partial charge in [0.05, 0.1) is 13.2 Å². The maximum absolute atomic E-state index is 12.9. The topological polar surface area (TPSA) is 98.9 Å². The van der Waals surface area contributed by atoms with Crippen molar-refractivity contribution in [2.75, 3.05) is 26.3 Å². The van der Waals surface area contributed by atoms with Gasteiger partial charge < -0.3 is 15.2 Å². The van der Waals surface area contributed by atoms with Crippen LogP contribution in [-0.2, 0) is 14.8 Å². The summed E-state index contributed by atoms with van der Waals surface area (Å²) in [5.74, 6) is 0.207. The van der Waals surface area contributed by atoms with Gasteiger partial charge in [-0.2, -0.15) is 4.31 Å². The molecule has 1 saturated heterocycles. The lowest BCUT2D eigenvalue weighted by Crippen LogP contribution is -2.41. The van der Waals surface area contributed by atoms with Crippen LogP contribution in [0.4, 0.5) is 0 Å². The Morgan fingerprint density at radius 3 is 2.38 bits per heavy atom. The zero-order valence-electron chi connectivity index (χ0n) is 14.0. The predicted molar refractivity (Wildman–Crippen MR) is 89.5 cm³/mol. The highest BCUT2D eigenvalue weighted by Crippen LogP contribution is 2.32. The maximum Gasteiger partial charge on any atom is 0.246 e. The second-order valence-electron chi connectivity index (χ2n) is 5.56. The standard InChI is InChI=1S/C16H24N2O5S/c1-3-22-13-5-6-15(14(11-13)23-4-2)24(20,21)18-9-7-12(8-10-18)16(17)19/h5-6,11-12H,3-4,7-10H2,1-2H3,(H2,17,19). The summed E-state index contributed by atoms with van der Waals surface area (Å²) in [6, 6.07) is 4.72. The molecule has 134 valence electrons. The van der Waals surface area contributed by atoms with Crippen LogP contribution in [0.15, 0.2) is 23.1 Å². The summed E-state index contributed by atoms with van der Waals surface area (Å²) >= 11 is 0. The summed E-state index contributed by atoms with van der Waals surface area (Å²) in [6.07, 6.45) is 0.880. The maximum atomic E-state index is 12.9. The third kappa shape index (κ3) is 3.99. The Kier molecular flexibility index (Phi) is 6.06. The summed E-state index contributed by atoms with van der Waals surface area (Å²) < 4.78 is 38.1. The molecule has 8 heteroatoms. The van der Waals surface area contributed by atoms with Gasteiger partial charge in [-0.3, -0.25) is 4.79 Å².